The lowest BCUT2D eigenvalue weighted by atomic mass is 9.98. The van der Waals surface area contributed by atoms with Gasteiger partial charge in [0, 0.05) is 29.9 Å². The maximum absolute atomic E-state index is 14.9. The summed E-state index contributed by atoms with van der Waals surface area (Å²) in [6.45, 7) is 6.44. The van der Waals surface area contributed by atoms with Gasteiger partial charge in [0.25, 0.3) is 0 Å². The van der Waals surface area contributed by atoms with Gasteiger partial charge in [-0.25, -0.2) is 22.0 Å². The van der Waals surface area contributed by atoms with Crippen molar-refractivity contribution in [2.24, 2.45) is 0 Å². The Kier molecular flexibility index (Phi) is 11.3. The van der Waals surface area contributed by atoms with Crippen LogP contribution in [0.2, 0.25) is 0 Å². The lowest BCUT2D eigenvalue weighted by Crippen LogP contribution is -2.31. The molecule has 1 aliphatic heterocycles. The molecule has 1 aliphatic rings. The lowest BCUT2D eigenvalue weighted by molar-refractivity contribution is -0.189. The fraction of sp³-hybridized carbons (Fsp3) is 0.353. The van der Waals surface area contributed by atoms with Crippen LogP contribution in [0.25, 0.3) is 17.0 Å². The Hall–Kier alpha value is -3.49. The monoisotopic (exact) mass is 586 g/mol. The Balaban J connectivity index is 1.29. The van der Waals surface area contributed by atoms with Crippen molar-refractivity contribution in [1.29, 1.82) is 0 Å². The molecule has 0 aromatic heterocycles. The maximum atomic E-state index is 14.9. The molecule has 1 fully saturated rings. The highest BCUT2D eigenvalue weighted by atomic mass is 19.2. The molecule has 1 heterocycles. The van der Waals surface area contributed by atoms with Gasteiger partial charge in [-0.05, 0) is 54.2 Å². The molecular weight excluding hydrogens is 551 g/mol. The number of hydrogen-bond donors (Lipinski definition) is 0. The molecule has 3 nitrogen and oxygen atoms in total. The summed E-state index contributed by atoms with van der Waals surface area (Å²) in [5.74, 6) is -4.51. The Morgan fingerprint density at radius 3 is 2.26 bits per heavy atom. The van der Waals surface area contributed by atoms with Crippen molar-refractivity contribution in [3.05, 3.63) is 107 Å². The molecule has 8 heteroatoms. The van der Waals surface area contributed by atoms with Gasteiger partial charge < -0.3 is 14.2 Å². The molecule has 0 saturated carbocycles. The molecule has 0 radical (unpaired) electrons. The molecule has 3 aromatic rings. The highest BCUT2D eigenvalue weighted by Crippen LogP contribution is 2.32. The summed E-state index contributed by atoms with van der Waals surface area (Å²) < 4.78 is 89.0. The van der Waals surface area contributed by atoms with Crippen LogP contribution in [-0.2, 0) is 15.9 Å². The third-order valence-corrected chi connectivity index (χ3v) is 7.16. The highest BCUT2D eigenvalue weighted by molar-refractivity contribution is 5.66. The van der Waals surface area contributed by atoms with Crippen molar-refractivity contribution in [2.45, 2.75) is 57.7 Å². The van der Waals surface area contributed by atoms with Crippen LogP contribution in [0.1, 0.15) is 61.6 Å². The van der Waals surface area contributed by atoms with Crippen LogP contribution in [0.15, 0.2) is 73.1 Å². The van der Waals surface area contributed by atoms with E-state index in [1.165, 1.54) is 12.1 Å². The standard InChI is InChI=1S/C34H35F5O3/c1-3-5-7-28(35)33(39)24-12-10-23(11-13-24)26-20-41-32(42-21-26)15-9-22-8-14-27(29(36)17-22)25-18-30(37)34(31(38)19-25)40-16-6-4-2/h3,8,10-14,17-19,26,32H,1,4-7,9,15-16,20-21H2,2H3. The van der Waals surface area contributed by atoms with E-state index in [0.29, 0.717) is 44.5 Å². The summed E-state index contributed by atoms with van der Waals surface area (Å²) in [6.07, 6.45) is 3.85. The molecule has 3 aromatic carbocycles. The van der Waals surface area contributed by atoms with Crippen LogP contribution in [-0.4, -0.2) is 26.1 Å². The number of allylic oxidation sites excluding steroid dienone is 2. The Labute approximate surface area is 243 Å². The van der Waals surface area contributed by atoms with Crippen molar-refractivity contribution in [3.63, 3.8) is 0 Å². The van der Waals surface area contributed by atoms with Crippen LogP contribution >= 0.6 is 0 Å². The van der Waals surface area contributed by atoms with Gasteiger partial charge in [0.05, 0.1) is 19.8 Å². The number of unbranched alkanes of at least 4 members (excludes halogenated alkanes) is 1. The van der Waals surface area contributed by atoms with Gasteiger partial charge in [-0.1, -0.05) is 55.8 Å². The van der Waals surface area contributed by atoms with Crippen LogP contribution in [0.5, 0.6) is 5.75 Å². The minimum absolute atomic E-state index is 0.0254. The summed E-state index contributed by atoms with van der Waals surface area (Å²) in [7, 11) is 0. The summed E-state index contributed by atoms with van der Waals surface area (Å²) in [6, 6.07) is 13.3. The topological polar surface area (TPSA) is 27.7 Å². The second-order valence-corrected chi connectivity index (χ2v) is 10.3. The second kappa shape index (κ2) is 15.1. The molecular formula is C34H35F5O3. The van der Waals surface area contributed by atoms with Gasteiger partial charge in [-0.2, -0.15) is 0 Å². The molecule has 0 bridgehead atoms. The zero-order valence-electron chi connectivity index (χ0n) is 23.6. The van der Waals surface area contributed by atoms with E-state index in [4.69, 9.17) is 14.2 Å². The minimum atomic E-state index is -0.873. The second-order valence-electron chi connectivity index (χ2n) is 10.3. The van der Waals surface area contributed by atoms with Gasteiger partial charge in [-0.15, -0.1) is 6.58 Å². The average molecular weight is 587 g/mol. The largest absolute Gasteiger partial charge is 0.488 e. The van der Waals surface area contributed by atoms with Gasteiger partial charge >= 0.3 is 0 Å². The zero-order valence-corrected chi connectivity index (χ0v) is 23.6. The third-order valence-electron chi connectivity index (χ3n) is 7.16. The van der Waals surface area contributed by atoms with E-state index in [-0.39, 0.29) is 35.6 Å². The van der Waals surface area contributed by atoms with Gasteiger partial charge in [0.2, 0.25) is 0 Å². The van der Waals surface area contributed by atoms with Crippen LogP contribution < -0.4 is 4.74 Å². The lowest BCUT2D eigenvalue weighted by Gasteiger charge is -2.30. The van der Waals surface area contributed by atoms with E-state index in [2.05, 4.69) is 6.58 Å². The first-order valence-electron chi connectivity index (χ1n) is 14.2. The normalized spacial score (nSPS) is 17.6. The van der Waals surface area contributed by atoms with E-state index in [9.17, 15) is 22.0 Å². The van der Waals surface area contributed by atoms with E-state index in [0.717, 1.165) is 24.1 Å². The number of rotatable bonds is 13. The predicted octanol–water partition coefficient (Wildman–Crippen LogP) is 9.61. The van der Waals surface area contributed by atoms with Crippen LogP contribution in [0.3, 0.4) is 0 Å². The Morgan fingerprint density at radius 2 is 1.64 bits per heavy atom. The first kappa shape index (κ1) is 31.4. The summed E-state index contributed by atoms with van der Waals surface area (Å²) in [5, 5.41) is 0. The van der Waals surface area contributed by atoms with Crippen molar-refractivity contribution >= 4 is 5.83 Å². The van der Waals surface area contributed by atoms with E-state index in [1.807, 2.05) is 6.92 Å². The molecule has 224 valence electrons. The first-order chi connectivity index (χ1) is 20.3. The smallest absolute Gasteiger partial charge is 0.190 e. The minimum Gasteiger partial charge on any atom is -0.488 e. The predicted molar refractivity (Wildman–Crippen MR) is 154 cm³/mol. The summed E-state index contributed by atoms with van der Waals surface area (Å²) >= 11 is 0. The molecule has 4 rings (SSSR count). The number of ether oxygens (including phenoxy) is 3. The number of aryl methyl sites for hydroxylation is 1. The van der Waals surface area contributed by atoms with E-state index in [1.54, 1.807) is 36.4 Å². The molecule has 0 unspecified atom stereocenters. The molecule has 0 atom stereocenters. The number of halogens is 5. The maximum Gasteiger partial charge on any atom is 0.190 e. The van der Waals surface area contributed by atoms with Crippen molar-refractivity contribution in [3.8, 4) is 16.9 Å². The molecule has 0 amide bonds. The molecule has 0 N–H and O–H groups in total. The van der Waals surface area contributed by atoms with Crippen LogP contribution in [0, 0.1) is 17.5 Å². The first-order valence-corrected chi connectivity index (χ1v) is 14.2. The number of benzene rings is 3. The average Bonchev–Trinajstić information content (AvgIpc) is 3.00. The van der Waals surface area contributed by atoms with Crippen LogP contribution in [0.4, 0.5) is 22.0 Å². The Morgan fingerprint density at radius 1 is 0.952 bits per heavy atom. The fourth-order valence-electron chi connectivity index (χ4n) is 4.70. The number of hydrogen-bond acceptors (Lipinski definition) is 3. The van der Waals surface area contributed by atoms with Crippen molar-refractivity contribution < 1.29 is 36.2 Å². The van der Waals surface area contributed by atoms with E-state index >= 15 is 0 Å². The SMILES string of the molecule is C=CCCC(F)=C(F)c1ccc(C2COC(CCc3ccc(-c4cc(F)c(OCCCC)c(F)c4)c(F)c3)OC2)cc1. The van der Waals surface area contributed by atoms with Crippen molar-refractivity contribution in [2.75, 3.05) is 19.8 Å². The molecule has 0 spiro atoms. The van der Waals surface area contributed by atoms with Gasteiger partial charge in [-0.3, -0.25) is 0 Å². The quantitative estimate of drug-likeness (QED) is 0.113. The molecule has 0 aliphatic carbocycles. The molecule has 42 heavy (non-hydrogen) atoms. The van der Waals surface area contributed by atoms with Crippen molar-refractivity contribution in [1.82, 2.24) is 0 Å². The third kappa shape index (κ3) is 8.07. The fourth-order valence-corrected chi connectivity index (χ4v) is 4.70. The highest BCUT2D eigenvalue weighted by Gasteiger charge is 2.24. The Bertz CT molecular complexity index is 1360. The molecule has 1 saturated heterocycles. The van der Waals surface area contributed by atoms with Gasteiger partial charge in [0.1, 0.15) is 11.6 Å². The summed E-state index contributed by atoms with van der Waals surface area (Å²) in [5.41, 5.74) is 1.94. The van der Waals surface area contributed by atoms with E-state index < -0.39 is 41.1 Å². The zero-order chi connectivity index (χ0) is 30.1. The summed E-state index contributed by atoms with van der Waals surface area (Å²) in [4.78, 5) is 0. The van der Waals surface area contributed by atoms with Gasteiger partial charge in [0.15, 0.2) is 29.5 Å².